The summed E-state index contributed by atoms with van der Waals surface area (Å²) in [5.74, 6) is -0.395. The van der Waals surface area contributed by atoms with E-state index in [1.165, 1.54) is 0 Å². The first-order chi connectivity index (χ1) is 11.6. The van der Waals surface area contributed by atoms with E-state index >= 15 is 0 Å². The zero-order valence-corrected chi connectivity index (χ0v) is 14.4. The van der Waals surface area contributed by atoms with Gasteiger partial charge in [-0.05, 0) is 48.9 Å². The molecule has 24 heavy (non-hydrogen) atoms. The second-order valence-corrected chi connectivity index (χ2v) is 6.47. The van der Waals surface area contributed by atoms with Crippen LogP contribution in [0.1, 0.15) is 11.3 Å². The van der Waals surface area contributed by atoms with Crippen LogP contribution in [-0.2, 0) is 6.54 Å². The molecule has 7 heteroatoms. The van der Waals surface area contributed by atoms with Crippen LogP contribution in [0.25, 0.3) is 16.8 Å². The lowest BCUT2D eigenvalue weighted by Crippen LogP contribution is -2.15. The van der Waals surface area contributed by atoms with Crippen LogP contribution < -0.4 is 5.76 Å². The fraction of sp³-hybridized carbons (Fsp3) is 0.118. The fourth-order valence-electron chi connectivity index (χ4n) is 2.58. The zero-order chi connectivity index (χ0) is 16.7. The van der Waals surface area contributed by atoms with Crippen LogP contribution in [-0.4, -0.2) is 19.6 Å². The summed E-state index contributed by atoms with van der Waals surface area (Å²) >= 11 is 3.41. The van der Waals surface area contributed by atoms with Crippen LogP contribution in [0.5, 0.6) is 0 Å². The highest BCUT2D eigenvalue weighted by Crippen LogP contribution is 2.16. The number of rotatable bonds is 3. The molecule has 0 aliphatic heterocycles. The van der Waals surface area contributed by atoms with Gasteiger partial charge in [-0.1, -0.05) is 27.2 Å². The molecule has 2 aromatic carbocycles. The molecule has 0 atom stereocenters. The van der Waals surface area contributed by atoms with E-state index in [1.54, 1.807) is 9.25 Å². The molecule has 0 bridgehead atoms. The molecule has 4 aromatic rings. The third kappa shape index (κ3) is 2.67. The molecule has 0 saturated heterocycles. The number of aryl methyl sites for hydroxylation is 1. The summed E-state index contributed by atoms with van der Waals surface area (Å²) in [4.78, 5) is 12.1. The van der Waals surface area contributed by atoms with Crippen molar-refractivity contribution in [3.05, 3.63) is 74.9 Å². The molecule has 120 valence electrons. The molecular weight excluding hydrogens is 372 g/mol. The first-order valence-corrected chi connectivity index (χ1v) is 8.16. The van der Waals surface area contributed by atoms with Gasteiger partial charge in [-0.3, -0.25) is 4.57 Å². The topological polar surface area (TPSA) is 65.8 Å². The lowest BCUT2D eigenvalue weighted by atomic mass is 10.2. The Morgan fingerprint density at radius 3 is 2.75 bits per heavy atom. The normalized spacial score (nSPS) is 11.2. The van der Waals surface area contributed by atoms with Crippen molar-refractivity contribution in [2.24, 2.45) is 0 Å². The van der Waals surface area contributed by atoms with Crippen LogP contribution >= 0.6 is 15.9 Å². The first kappa shape index (κ1) is 14.9. The summed E-state index contributed by atoms with van der Waals surface area (Å²) in [6.07, 6.45) is 1.81. The standard InChI is InChI=1S/C17H13BrN4O2/c1-11-2-7-15-16(8-11)24-17(23)21(15)9-13-10-22(20-19-13)14-5-3-12(18)4-6-14/h2-8,10H,9H2,1H3. The Morgan fingerprint density at radius 1 is 1.17 bits per heavy atom. The van der Waals surface area contributed by atoms with Gasteiger partial charge in [-0.2, -0.15) is 0 Å². The Hall–Kier alpha value is -2.67. The van der Waals surface area contributed by atoms with Gasteiger partial charge in [0.2, 0.25) is 0 Å². The van der Waals surface area contributed by atoms with Gasteiger partial charge >= 0.3 is 5.76 Å². The second kappa shape index (κ2) is 5.76. The summed E-state index contributed by atoms with van der Waals surface area (Å²) < 4.78 is 9.54. The van der Waals surface area contributed by atoms with E-state index in [1.807, 2.05) is 55.6 Å². The van der Waals surface area contributed by atoms with Crippen molar-refractivity contribution in [1.29, 1.82) is 0 Å². The first-order valence-electron chi connectivity index (χ1n) is 7.37. The van der Waals surface area contributed by atoms with Crippen molar-refractivity contribution in [3.63, 3.8) is 0 Å². The van der Waals surface area contributed by atoms with Gasteiger partial charge in [-0.25, -0.2) is 9.48 Å². The summed E-state index contributed by atoms with van der Waals surface area (Å²) in [5.41, 5.74) is 3.97. The minimum Gasteiger partial charge on any atom is -0.408 e. The molecule has 0 fully saturated rings. The molecule has 2 heterocycles. The van der Waals surface area contributed by atoms with Gasteiger partial charge in [0.25, 0.3) is 0 Å². The van der Waals surface area contributed by atoms with E-state index in [-0.39, 0.29) is 0 Å². The van der Waals surface area contributed by atoms with E-state index in [0.717, 1.165) is 21.2 Å². The van der Waals surface area contributed by atoms with Crippen molar-refractivity contribution in [2.45, 2.75) is 13.5 Å². The van der Waals surface area contributed by atoms with E-state index < -0.39 is 5.76 Å². The van der Waals surface area contributed by atoms with Crippen LogP contribution in [0.2, 0.25) is 0 Å². The summed E-state index contributed by atoms with van der Waals surface area (Å²) in [6, 6.07) is 13.4. The number of halogens is 1. The molecule has 2 aromatic heterocycles. The lowest BCUT2D eigenvalue weighted by Gasteiger charge is -2.00. The number of aromatic nitrogens is 4. The van der Waals surface area contributed by atoms with Gasteiger partial charge in [0.15, 0.2) is 5.58 Å². The molecule has 0 amide bonds. The van der Waals surface area contributed by atoms with Crippen LogP contribution in [0.15, 0.2) is 62.3 Å². The number of hydrogen-bond donors (Lipinski definition) is 0. The maximum absolute atomic E-state index is 12.1. The highest BCUT2D eigenvalue weighted by molar-refractivity contribution is 9.10. The maximum atomic E-state index is 12.1. The predicted octanol–water partition coefficient (Wildman–Crippen LogP) is 3.29. The summed E-state index contributed by atoms with van der Waals surface area (Å²) in [7, 11) is 0. The smallest absolute Gasteiger partial charge is 0.408 e. The molecule has 6 nitrogen and oxygen atoms in total. The summed E-state index contributed by atoms with van der Waals surface area (Å²) in [6.45, 7) is 2.27. The molecular formula is C17H13BrN4O2. The van der Waals surface area contributed by atoms with Gasteiger partial charge in [0.05, 0.1) is 23.9 Å². The lowest BCUT2D eigenvalue weighted by molar-refractivity contribution is 0.516. The third-order valence-corrected chi connectivity index (χ3v) is 4.30. The Bertz CT molecular complexity index is 1080. The van der Waals surface area contributed by atoms with Crippen LogP contribution in [0.4, 0.5) is 0 Å². The van der Waals surface area contributed by atoms with Gasteiger partial charge in [0, 0.05) is 4.47 Å². The van der Waals surface area contributed by atoms with E-state index in [2.05, 4.69) is 26.2 Å². The number of oxazole rings is 1. The predicted molar refractivity (Wildman–Crippen MR) is 93.4 cm³/mol. The molecule has 0 N–H and O–H groups in total. The Labute approximate surface area is 145 Å². The second-order valence-electron chi connectivity index (χ2n) is 5.56. The molecule has 0 saturated carbocycles. The molecule has 0 unspecified atom stereocenters. The molecule has 0 spiro atoms. The van der Waals surface area contributed by atoms with Crippen molar-refractivity contribution in [2.75, 3.05) is 0 Å². The van der Waals surface area contributed by atoms with Crippen LogP contribution in [0.3, 0.4) is 0 Å². The minimum atomic E-state index is -0.395. The Balaban J connectivity index is 1.68. The fourth-order valence-corrected chi connectivity index (χ4v) is 2.84. The van der Waals surface area contributed by atoms with Crippen molar-refractivity contribution in [1.82, 2.24) is 19.6 Å². The Morgan fingerprint density at radius 2 is 1.96 bits per heavy atom. The molecule has 0 aliphatic carbocycles. The summed E-state index contributed by atoms with van der Waals surface area (Å²) in [5, 5.41) is 8.28. The molecule has 0 aliphatic rings. The third-order valence-electron chi connectivity index (χ3n) is 3.78. The molecule has 4 rings (SSSR count). The number of hydrogen-bond acceptors (Lipinski definition) is 4. The van der Waals surface area contributed by atoms with Gasteiger partial charge in [0.1, 0.15) is 5.69 Å². The van der Waals surface area contributed by atoms with Crippen molar-refractivity contribution >= 4 is 27.0 Å². The largest absolute Gasteiger partial charge is 0.420 e. The highest BCUT2D eigenvalue weighted by atomic mass is 79.9. The van der Waals surface area contributed by atoms with E-state index in [9.17, 15) is 4.79 Å². The van der Waals surface area contributed by atoms with Crippen molar-refractivity contribution < 1.29 is 4.42 Å². The van der Waals surface area contributed by atoms with Gasteiger partial charge in [-0.15, -0.1) is 5.10 Å². The molecule has 0 radical (unpaired) electrons. The van der Waals surface area contributed by atoms with E-state index in [4.69, 9.17) is 4.42 Å². The van der Waals surface area contributed by atoms with Gasteiger partial charge < -0.3 is 4.42 Å². The average molecular weight is 385 g/mol. The number of benzene rings is 2. The maximum Gasteiger partial charge on any atom is 0.420 e. The monoisotopic (exact) mass is 384 g/mol. The number of fused-ring (bicyclic) bond motifs is 1. The Kier molecular flexibility index (Phi) is 3.57. The number of nitrogens with zero attached hydrogens (tertiary/aromatic N) is 4. The quantitative estimate of drug-likeness (QED) is 0.543. The average Bonchev–Trinajstić information content (AvgIpc) is 3.13. The van der Waals surface area contributed by atoms with Crippen LogP contribution in [0, 0.1) is 6.92 Å². The highest BCUT2D eigenvalue weighted by Gasteiger charge is 2.12. The SMILES string of the molecule is Cc1ccc2c(c1)oc(=O)n2Cc1cn(-c2ccc(Br)cc2)nn1. The minimum absolute atomic E-state index is 0.311. The van der Waals surface area contributed by atoms with Crippen molar-refractivity contribution in [3.8, 4) is 5.69 Å². The zero-order valence-electron chi connectivity index (χ0n) is 12.8. The van der Waals surface area contributed by atoms with E-state index in [0.29, 0.717) is 17.8 Å².